The second-order valence-corrected chi connectivity index (χ2v) is 7.93. The molecule has 102 valence electrons. The summed E-state index contributed by atoms with van der Waals surface area (Å²) in [6, 6.07) is 0. The Morgan fingerprint density at radius 3 is 2.59 bits per heavy atom. The van der Waals surface area contributed by atoms with Crippen molar-refractivity contribution >= 4 is 21.6 Å². The molecule has 0 aromatic rings. The molecule has 1 fully saturated rings. The van der Waals surface area contributed by atoms with Crippen LogP contribution in [0.2, 0.25) is 0 Å². The van der Waals surface area contributed by atoms with Crippen molar-refractivity contribution < 1.29 is 8.42 Å². The molecule has 2 unspecified atom stereocenters. The molecule has 1 aliphatic carbocycles. The van der Waals surface area contributed by atoms with Gasteiger partial charge in [-0.25, -0.2) is 13.1 Å². The van der Waals surface area contributed by atoms with Crippen LogP contribution in [0.25, 0.3) is 0 Å². The SMILES string of the molecule is CC(C)CS(=O)(=O)NC1(CCl)CCCC(C)C1. The van der Waals surface area contributed by atoms with Crippen LogP contribution < -0.4 is 4.72 Å². The third-order valence-corrected chi connectivity index (χ3v) is 5.63. The first-order valence-corrected chi connectivity index (χ1v) is 8.55. The molecule has 17 heavy (non-hydrogen) atoms. The van der Waals surface area contributed by atoms with Crippen LogP contribution in [0.5, 0.6) is 0 Å². The highest BCUT2D eigenvalue weighted by molar-refractivity contribution is 7.89. The maximum absolute atomic E-state index is 12.0. The lowest BCUT2D eigenvalue weighted by atomic mass is 9.78. The maximum Gasteiger partial charge on any atom is 0.212 e. The second kappa shape index (κ2) is 5.89. The van der Waals surface area contributed by atoms with Crippen LogP contribution in [-0.4, -0.2) is 25.6 Å². The molecule has 0 amide bonds. The molecule has 2 atom stereocenters. The van der Waals surface area contributed by atoms with Crippen LogP contribution >= 0.6 is 11.6 Å². The van der Waals surface area contributed by atoms with E-state index in [1.807, 2.05) is 13.8 Å². The van der Waals surface area contributed by atoms with Gasteiger partial charge in [0.25, 0.3) is 0 Å². The summed E-state index contributed by atoms with van der Waals surface area (Å²) in [6.45, 7) is 5.99. The first-order chi connectivity index (χ1) is 7.79. The van der Waals surface area contributed by atoms with Crippen molar-refractivity contribution in [2.75, 3.05) is 11.6 Å². The van der Waals surface area contributed by atoms with Crippen molar-refractivity contribution in [2.24, 2.45) is 11.8 Å². The van der Waals surface area contributed by atoms with E-state index in [0.29, 0.717) is 11.8 Å². The van der Waals surface area contributed by atoms with Gasteiger partial charge in [0.1, 0.15) is 0 Å². The highest BCUT2D eigenvalue weighted by Crippen LogP contribution is 2.33. The van der Waals surface area contributed by atoms with Crippen LogP contribution in [-0.2, 0) is 10.0 Å². The van der Waals surface area contributed by atoms with E-state index in [4.69, 9.17) is 11.6 Å². The second-order valence-electron chi connectivity index (χ2n) is 5.89. The Morgan fingerprint density at radius 1 is 1.47 bits per heavy atom. The standard InChI is InChI=1S/C12H24ClNO2S/c1-10(2)8-17(15,16)14-12(9-13)6-4-5-11(3)7-12/h10-11,14H,4-9H2,1-3H3. The van der Waals surface area contributed by atoms with E-state index in [9.17, 15) is 8.42 Å². The zero-order valence-corrected chi connectivity index (χ0v) is 12.6. The van der Waals surface area contributed by atoms with Crippen molar-refractivity contribution in [2.45, 2.75) is 52.0 Å². The zero-order valence-electron chi connectivity index (χ0n) is 11.0. The summed E-state index contributed by atoms with van der Waals surface area (Å²) in [5.74, 6) is 1.24. The Kier molecular flexibility index (Phi) is 5.29. The number of hydrogen-bond donors (Lipinski definition) is 1. The summed E-state index contributed by atoms with van der Waals surface area (Å²) < 4.78 is 26.9. The van der Waals surface area contributed by atoms with E-state index in [1.165, 1.54) is 6.42 Å². The predicted octanol–water partition coefficient (Wildman–Crippen LogP) is 2.75. The van der Waals surface area contributed by atoms with Gasteiger partial charge in [0.2, 0.25) is 10.0 Å². The van der Waals surface area contributed by atoms with E-state index in [2.05, 4.69) is 11.6 Å². The van der Waals surface area contributed by atoms with Gasteiger partial charge in [-0.05, 0) is 24.7 Å². The van der Waals surface area contributed by atoms with Crippen LogP contribution in [0.1, 0.15) is 46.5 Å². The lowest BCUT2D eigenvalue weighted by molar-refractivity contribution is 0.239. The first kappa shape index (κ1) is 15.3. The normalized spacial score (nSPS) is 30.8. The number of nitrogens with one attached hydrogen (secondary N) is 1. The van der Waals surface area contributed by atoms with Crippen molar-refractivity contribution in [3.8, 4) is 0 Å². The maximum atomic E-state index is 12.0. The van der Waals surface area contributed by atoms with E-state index in [0.717, 1.165) is 19.3 Å². The van der Waals surface area contributed by atoms with E-state index in [1.54, 1.807) is 0 Å². The highest BCUT2D eigenvalue weighted by Gasteiger charge is 2.37. The Hall–Kier alpha value is 0.200. The average molecular weight is 282 g/mol. The quantitative estimate of drug-likeness (QED) is 0.788. The molecule has 1 saturated carbocycles. The van der Waals surface area contributed by atoms with Crippen molar-refractivity contribution in [1.29, 1.82) is 0 Å². The fourth-order valence-corrected chi connectivity index (χ4v) is 4.98. The van der Waals surface area contributed by atoms with Crippen LogP contribution in [0.4, 0.5) is 0 Å². The fraction of sp³-hybridized carbons (Fsp3) is 1.00. The summed E-state index contributed by atoms with van der Waals surface area (Å²) in [6.07, 6.45) is 3.94. The lowest BCUT2D eigenvalue weighted by Crippen LogP contribution is -2.53. The van der Waals surface area contributed by atoms with Gasteiger partial charge in [-0.15, -0.1) is 11.6 Å². The Balaban J connectivity index is 2.74. The van der Waals surface area contributed by atoms with Crippen LogP contribution in [0.15, 0.2) is 0 Å². The van der Waals surface area contributed by atoms with Gasteiger partial charge in [0, 0.05) is 11.4 Å². The average Bonchev–Trinajstić information content (AvgIpc) is 2.14. The lowest BCUT2D eigenvalue weighted by Gasteiger charge is -2.39. The molecule has 0 aromatic heterocycles. The molecular formula is C12H24ClNO2S. The molecule has 0 aliphatic heterocycles. The molecule has 3 nitrogen and oxygen atoms in total. The molecular weight excluding hydrogens is 258 g/mol. The zero-order chi connectivity index (χ0) is 13.1. The molecule has 0 spiro atoms. The molecule has 0 saturated heterocycles. The first-order valence-electron chi connectivity index (χ1n) is 6.36. The Labute approximate surface area is 110 Å². The molecule has 0 heterocycles. The largest absolute Gasteiger partial charge is 0.212 e. The molecule has 0 bridgehead atoms. The smallest absolute Gasteiger partial charge is 0.212 e. The topological polar surface area (TPSA) is 46.2 Å². The van der Waals surface area contributed by atoms with Gasteiger partial charge in [-0.3, -0.25) is 0 Å². The monoisotopic (exact) mass is 281 g/mol. The van der Waals surface area contributed by atoms with Gasteiger partial charge in [-0.1, -0.05) is 33.6 Å². The predicted molar refractivity (Wildman–Crippen MR) is 72.8 cm³/mol. The number of alkyl halides is 1. The highest BCUT2D eigenvalue weighted by atomic mass is 35.5. The summed E-state index contributed by atoms with van der Waals surface area (Å²) in [7, 11) is -3.21. The molecule has 5 heteroatoms. The number of halogens is 1. The van der Waals surface area contributed by atoms with E-state index in [-0.39, 0.29) is 11.7 Å². The number of rotatable bonds is 5. The molecule has 1 N–H and O–H groups in total. The third kappa shape index (κ3) is 4.76. The van der Waals surface area contributed by atoms with Crippen molar-refractivity contribution in [3.63, 3.8) is 0 Å². The number of sulfonamides is 1. The summed E-state index contributed by atoms with van der Waals surface area (Å²) in [5, 5.41) is 0. The number of hydrogen-bond acceptors (Lipinski definition) is 2. The molecule has 1 aliphatic rings. The molecule has 1 rings (SSSR count). The van der Waals surface area contributed by atoms with Crippen molar-refractivity contribution in [1.82, 2.24) is 4.72 Å². The van der Waals surface area contributed by atoms with Gasteiger partial charge in [0.15, 0.2) is 0 Å². The summed E-state index contributed by atoms with van der Waals surface area (Å²) in [5.41, 5.74) is -0.410. The minimum absolute atomic E-state index is 0.140. The van der Waals surface area contributed by atoms with Gasteiger partial charge in [-0.2, -0.15) is 0 Å². The molecule has 0 aromatic carbocycles. The summed E-state index contributed by atoms with van der Waals surface area (Å²) >= 11 is 6.02. The van der Waals surface area contributed by atoms with Gasteiger partial charge >= 0.3 is 0 Å². The van der Waals surface area contributed by atoms with Crippen LogP contribution in [0, 0.1) is 11.8 Å². The summed E-state index contributed by atoms with van der Waals surface area (Å²) in [4.78, 5) is 0. The molecule has 0 radical (unpaired) electrons. The van der Waals surface area contributed by atoms with Crippen LogP contribution in [0.3, 0.4) is 0 Å². The van der Waals surface area contributed by atoms with Gasteiger partial charge < -0.3 is 0 Å². The minimum atomic E-state index is -3.21. The van der Waals surface area contributed by atoms with Crippen molar-refractivity contribution in [3.05, 3.63) is 0 Å². The van der Waals surface area contributed by atoms with E-state index >= 15 is 0 Å². The fourth-order valence-electron chi connectivity index (χ4n) is 2.71. The third-order valence-electron chi connectivity index (χ3n) is 3.27. The Morgan fingerprint density at radius 2 is 2.12 bits per heavy atom. The Bertz CT molecular complexity index is 342. The minimum Gasteiger partial charge on any atom is -0.212 e. The van der Waals surface area contributed by atoms with E-state index < -0.39 is 15.6 Å². The van der Waals surface area contributed by atoms with Gasteiger partial charge in [0.05, 0.1) is 5.75 Å².